The van der Waals surface area contributed by atoms with E-state index < -0.39 is 0 Å². The van der Waals surface area contributed by atoms with E-state index in [0.29, 0.717) is 6.42 Å². The zero-order valence-corrected chi connectivity index (χ0v) is 13.1. The molecule has 0 fully saturated rings. The summed E-state index contributed by atoms with van der Waals surface area (Å²) in [7, 11) is 0. The third kappa shape index (κ3) is 3.92. The summed E-state index contributed by atoms with van der Waals surface area (Å²) in [4.78, 5) is 22.9. The number of anilines is 1. The van der Waals surface area contributed by atoms with E-state index in [1.807, 2.05) is 18.2 Å². The highest BCUT2D eigenvalue weighted by molar-refractivity contribution is 9.09. The lowest BCUT2D eigenvalue weighted by Gasteiger charge is -2.23. The van der Waals surface area contributed by atoms with E-state index >= 15 is 0 Å². The van der Waals surface area contributed by atoms with Crippen LogP contribution in [0.2, 0.25) is 0 Å². The number of hydrogen-bond donors (Lipinski definition) is 1. The third-order valence-corrected chi connectivity index (χ3v) is 4.26. The minimum Gasteiger partial charge on any atom is -0.375 e. The van der Waals surface area contributed by atoms with Gasteiger partial charge in [-0.25, -0.2) is 0 Å². The fourth-order valence-corrected chi connectivity index (χ4v) is 2.90. The minimum atomic E-state index is -0.0895. The summed E-state index contributed by atoms with van der Waals surface area (Å²) in [6.07, 6.45) is 6.39. The van der Waals surface area contributed by atoms with Gasteiger partial charge in [-0.05, 0) is 49.4 Å². The number of rotatable bonds is 7. The van der Waals surface area contributed by atoms with Gasteiger partial charge in [0.05, 0.1) is 6.04 Å². The van der Waals surface area contributed by atoms with Crippen LogP contribution < -0.4 is 5.32 Å². The van der Waals surface area contributed by atoms with Gasteiger partial charge in [0, 0.05) is 23.0 Å². The highest BCUT2D eigenvalue weighted by atomic mass is 79.9. The van der Waals surface area contributed by atoms with Crippen LogP contribution >= 0.6 is 15.9 Å². The first-order chi connectivity index (χ1) is 9.74. The fourth-order valence-electron chi connectivity index (χ4n) is 2.50. The monoisotopic (exact) mass is 337 g/mol. The van der Waals surface area contributed by atoms with Crippen LogP contribution in [0.4, 0.5) is 5.69 Å². The molecule has 0 aliphatic carbocycles. The van der Waals surface area contributed by atoms with Crippen molar-refractivity contribution < 1.29 is 9.59 Å². The molecule has 1 aliphatic heterocycles. The molecule has 1 heterocycles. The van der Waals surface area contributed by atoms with Gasteiger partial charge in [0.15, 0.2) is 5.78 Å². The highest BCUT2D eigenvalue weighted by Crippen LogP contribution is 2.26. The minimum absolute atomic E-state index is 0.0895. The molecular weight excluding hydrogens is 318 g/mol. The summed E-state index contributed by atoms with van der Waals surface area (Å²) in [5, 5.41) is 4.19. The molecule has 0 saturated heterocycles. The van der Waals surface area contributed by atoms with Gasteiger partial charge >= 0.3 is 0 Å². The first-order valence-corrected chi connectivity index (χ1v) is 8.30. The summed E-state index contributed by atoms with van der Waals surface area (Å²) >= 11 is 3.40. The van der Waals surface area contributed by atoms with Crippen LogP contribution in [0.1, 0.15) is 48.0 Å². The topological polar surface area (TPSA) is 46.2 Å². The molecule has 0 aromatic heterocycles. The zero-order chi connectivity index (χ0) is 14.4. The molecule has 108 valence electrons. The molecule has 2 rings (SSSR count). The number of aryl methyl sites for hydroxylation is 1. The standard InChI is InChI=1S/C16H20BrNO2/c17-9-3-1-2-4-16(20)13-6-8-15-12(10-13)5-7-14(11-19)18-15/h6,8,10-11,14,18H,1-5,7,9H2. The predicted octanol–water partition coefficient (Wildman–Crippen LogP) is 3.75. The van der Waals surface area contributed by atoms with Crippen molar-refractivity contribution in [3.05, 3.63) is 29.3 Å². The molecule has 1 aliphatic rings. The van der Waals surface area contributed by atoms with Crippen molar-refractivity contribution in [1.29, 1.82) is 0 Å². The van der Waals surface area contributed by atoms with Crippen molar-refractivity contribution in [3.8, 4) is 0 Å². The molecule has 0 saturated carbocycles. The van der Waals surface area contributed by atoms with E-state index in [4.69, 9.17) is 0 Å². The number of fused-ring (bicyclic) bond motifs is 1. The van der Waals surface area contributed by atoms with Crippen LogP contribution in [-0.4, -0.2) is 23.4 Å². The van der Waals surface area contributed by atoms with Crippen LogP contribution in [0.5, 0.6) is 0 Å². The maximum absolute atomic E-state index is 12.1. The molecule has 0 spiro atoms. The second kappa shape index (κ2) is 7.58. The molecule has 0 amide bonds. The van der Waals surface area contributed by atoms with Crippen LogP contribution in [0.3, 0.4) is 0 Å². The van der Waals surface area contributed by atoms with Gasteiger partial charge in [0.2, 0.25) is 0 Å². The highest BCUT2D eigenvalue weighted by Gasteiger charge is 2.18. The number of aldehydes is 1. The smallest absolute Gasteiger partial charge is 0.162 e. The Bertz CT molecular complexity index is 487. The first kappa shape index (κ1) is 15.2. The Morgan fingerprint density at radius 2 is 2.20 bits per heavy atom. The SMILES string of the molecule is O=CC1CCc2cc(C(=O)CCCCCBr)ccc2N1. The molecule has 1 atom stereocenters. The molecule has 1 aromatic carbocycles. The summed E-state index contributed by atoms with van der Waals surface area (Å²) in [5.74, 6) is 0.222. The molecule has 0 bridgehead atoms. The lowest BCUT2D eigenvalue weighted by molar-refractivity contribution is -0.108. The lowest BCUT2D eigenvalue weighted by Crippen LogP contribution is -2.26. The normalized spacial score (nSPS) is 17.1. The van der Waals surface area contributed by atoms with Crippen LogP contribution in [0.15, 0.2) is 18.2 Å². The number of carbonyl (C=O) groups excluding carboxylic acids is 2. The number of carbonyl (C=O) groups is 2. The summed E-state index contributed by atoms with van der Waals surface area (Å²) < 4.78 is 0. The van der Waals surface area contributed by atoms with Crippen LogP contribution in [-0.2, 0) is 11.2 Å². The second-order valence-corrected chi connectivity index (χ2v) is 6.01. The number of hydrogen-bond acceptors (Lipinski definition) is 3. The quantitative estimate of drug-likeness (QED) is 0.356. The van der Waals surface area contributed by atoms with Gasteiger partial charge in [0.1, 0.15) is 6.29 Å². The van der Waals surface area contributed by atoms with Crippen molar-refractivity contribution in [2.75, 3.05) is 10.6 Å². The van der Waals surface area contributed by atoms with E-state index in [2.05, 4.69) is 21.2 Å². The molecule has 20 heavy (non-hydrogen) atoms. The Kier molecular flexibility index (Phi) is 5.77. The predicted molar refractivity (Wildman–Crippen MR) is 84.8 cm³/mol. The molecular formula is C16H20BrNO2. The summed E-state index contributed by atoms with van der Waals surface area (Å²) in [6, 6.07) is 5.69. The Hall–Kier alpha value is -1.16. The number of nitrogens with one attached hydrogen (secondary N) is 1. The van der Waals surface area contributed by atoms with Crippen molar-refractivity contribution in [2.24, 2.45) is 0 Å². The Morgan fingerprint density at radius 3 is 2.95 bits per heavy atom. The Labute approximate surface area is 128 Å². The van der Waals surface area contributed by atoms with Gasteiger partial charge in [-0.2, -0.15) is 0 Å². The lowest BCUT2D eigenvalue weighted by atomic mass is 9.95. The summed E-state index contributed by atoms with van der Waals surface area (Å²) in [6.45, 7) is 0. The number of alkyl halides is 1. The maximum atomic E-state index is 12.1. The number of Topliss-reactive ketones (excluding diaryl/α,β-unsaturated/α-hetero) is 1. The molecule has 1 N–H and O–H groups in total. The van der Waals surface area contributed by atoms with E-state index in [-0.39, 0.29) is 11.8 Å². The molecule has 1 aromatic rings. The van der Waals surface area contributed by atoms with Crippen LogP contribution in [0.25, 0.3) is 0 Å². The summed E-state index contributed by atoms with van der Waals surface area (Å²) in [5.41, 5.74) is 2.94. The average Bonchev–Trinajstić information content (AvgIpc) is 2.50. The van der Waals surface area contributed by atoms with E-state index in [9.17, 15) is 9.59 Å². The third-order valence-electron chi connectivity index (χ3n) is 3.69. The van der Waals surface area contributed by atoms with E-state index in [1.54, 1.807) is 0 Å². The van der Waals surface area contributed by atoms with Crippen molar-refractivity contribution >= 4 is 33.7 Å². The second-order valence-electron chi connectivity index (χ2n) is 5.22. The van der Waals surface area contributed by atoms with E-state index in [1.165, 1.54) is 0 Å². The largest absolute Gasteiger partial charge is 0.375 e. The molecule has 3 nitrogen and oxygen atoms in total. The maximum Gasteiger partial charge on any atom is 0.162 e. The van der Waals surface area contributed by atoms with Gasteiger partial charge in [0.25, 0.3) is 0 Å². The fraction of sp³-hybridized carbons (Fsp3) is 0.500. The molecule has 1 unspecified atom stereocenters. The number of halogens is 1. The molecule has 0 radical (unpaired) electrons. The van der Waals surface area contributed by atoms with Gasteiger partial charge in [-0.1, -0.05) is 22.4 Å². The number of benzene rings is 1. The van der Waals surface area contributed by atoms with E-state index in [0.717, 1.165) is 60.5 Å². The molecule has 4 heteroatoms. The van der Waals surface area contributed by atoms with Gasteiger partial charge in [-0.3, -0.25) is 4.79 Å². The zero-order valence-electron chi connectivity index (χ0n) is 11.5. The van der Waals surface area contributed by atoms with Crippen molar-refractivity contribution in [3.63, 3.8) is 0 Å². The Morgan fingerprint density at radius 1 is 1.35 bits per heavy atom. The average molecular weight is 338 g/mol. The van der Waals surface area contributed by atoms with Crippen LogP contribution in [0, 0.1) is 0 Å². The number of unbranched alkanes of at least 4 members (excludes halogenated alkanes) is 2. The van der Waals surface area contributed by atoms with Crippen molar-refractivity contribution in [1.82, 2.24) is 0 Å². The van der Waals surface area contributed by atoms with Gasteiger partial charge < -0.3 is 10.1 Å². The van der Waals surface area contributed by atoms with Crippen molar-refractivity contribution in [2.45, 2.75) is 44.6 Å². The number of ketones is 1. The van der Waals surface area contributed by atoms with Gasteiger partial charge in [-0.15, -0.1) is 0 Å². The Balaban J connectivity index is 1.97. The first-order valence-electron chi connectivity index (χ1n) is 7.18.